The molecule has 2 rings (SSSR count). The molecule has 14 atom stereocenters. The van der Waals surface area contributed by atoms with Crippen molar-refractivity contribution in [2.75, 3.05) is 19.8 Å². The summed E-state index contributed by atoms with van der Waals surface area (Å²) >= 11 is 0. The van der Waals surface area contributed by atoms with Crippen molar-refractivity contribution in [1.29, 1.82) is 0 Å². The molecule has 67 heavy (non-hydrogen) atoms. The van der Waals surface area contributed by atoms with Crippen molar-refractivity contribution in [3.63, 3.8) is 0 Å². The highest BCUT2D eigenvalue weighted by Crippen LogP contribution is 2.30. The van der Waals surface area contributed by atoms with Gasteiger partial charge in [-0.1, -0.05) is 200 Å². The first-order valence-corrected chi connectivity index (χ1v) is 27.0. The molecule has 0 aromatic carbocycles. The number of carbonyl (C=O) groups excluding carboxylic acids is 1. The van der Waals surface area contributed by atoms with Crippen molar-refractivity contribution in [2.24, 2.45) is 0 Å². The molecule has 0 radical (unpaired) electrons. The largest absolute Gasteiger partial charge is 0.394 e. The predicted molar refractivity (Wildman–Crippen MR) is 257 cm³/mol. The van der Waals surface area contributed by atoms with Crippen LogP contribution in [0.3, 0.4) is 0 Å². The lowest BCUT2D eigenvalue weighted by atomic mass is 9.97. The SMILES string of the molecule is CCCCCCCCCCCCCCCCCCCC[C@@H](O)C(=O)N[C@@H](CO[C@@H]1O[C@H](CO)[C@@H](O[C@@H]2O[C@H](CO)[C@H](O)[C@H](O)[C@H]2O)[C@H](O)[C@H]1O)[C@H](O)[C@H](O)CCCCCCCCCCCCC. The van der Waals surface area contributed by atoms with Crippen LogP contribution < -0.4 is 5.32 Å². The highest BCUT2D eigenvalue weighted by atomic mass is 16.7. The van der Waals surface area contributed by atoms with E-state index < -0.39 is 111 Å². The first-order valence-electron chi connectivity index (χ1n) is 27.0. The van der Waals surface area contributed by atoms with E-state index in [-0.39, 0.29) is 12.8 Å². The standard InChI is InChI=1S/C51H99NO15/c1-3-5-7-9-11-13-15-16-17-18-19-20-21-23-25-27-29-31-33-39(56)49(63)52-37(42(57)38(55)32-30-28-26-24-22-14-12-10-8-6-4-2)36-64-50-47(62)45(60)48(41(35-54)66-50)67-51-46(61)44(59)43(58)40(34-53)65-51/h37-48,50-51,53-62H,3-36H2,1-2H3,(H,52,63)/t37-,38+,39+,40+,41+,42-,43-,44-,45+,46+,47+,48+,50+,51-/m0/s1. The Morgan fingerprint density at radius 1 is 0.493 bits per heavy atom. The van der Waals surface area contributed by atoms with E-state index in [0.29, 0.717) is 12.8 Å². The lowest BCUT2D eigenvalue weighted by Gasteiger charge is -2.46. The molecule has 2 fully saturated rings. The Hall–Kier alpha value is -1.09. The van der Waals surface area contributed by atoms with Crippen molar-refractivity contribution >= 4 is 5.91 Å². The maximum atomic E-state index is 13.3. The summed E-state index contributed by atoms with van der Waals surface area (Å²) in [5.74, 6) is -0.757. The van der Waals surface area contributed by atoms with Crippen LogP contribution in [-0.4, -0.2) is 163 Å². The normalized spacial score (nSPS) is 27.5. The van der Waals surface area contributed by atoms with Crippen molar-refractivity contribution in [3.8, 4) is 0 Å². The molecule has 0 aliphatic carbocycles. The second kappa shape index (κ2) is 38.6. The fourth-order valence-corrected chi connectivity index (χ4v) is 9.22. The quantitative estimate of drug-likeness (QED) is 0.0346. The van der Waals surface area contributed by atoms with Gasteiger partial charge in [0.05, 0.1) is 32.0 Å². The minimum Gasteiger partial charge on any atom is -0.394 e. The zero-order valence-electron chi connectivity index (χ0n) is 41.6. The summed E-state index contributed by atoms with van der Waals surface area (Å²) in [6.07, 6.45) is 14.1. The Labute approximate surface area is 403 Å². The molecule has 0 saturated carbocycles. The number of nitrogens with one attached hydrogen (secondary N) is 1. The van der Waals surface area contributed by atoms with E-state index >= 15 is 0 Å². The van der Waals surface area contributed by atoms with E-state index in [0.717, 1.165) is 44.9 Å². The highest BCUT2D eigenvalue weighted by molar-refractivity contribution is 5.80. The van der Waals surface area contributed by atoms with Crippen LogP contribution in [0, 0.1) is 0 Å². The number of hydrogen-bond donors (Lipinski definition) is 11. The molecule has 2 aliphatic rings. The van der Waals surface area contributed by atoms with Crippen molar-refractivity contribution in [2.45, 2.75) is 299 Å². The van der Waals surface area contributed by atoms with Gasteiger partial charge in [0.2, 0.25) is 5.91 Å². The molecule has 0 unspecified atom stereocenters. The lowest BCUT2D eigenvalue weighted by Crippen LogP contribution is -2.65. The third-order valence-corrected chi connectivity index (χ3v) is 13.8. The van der Waals surface area contributed by atoms with Crippen molar-refractivity contribution < 1.29 is 74.8 Å². The molecule has 0 bridgehead atoms. The number of rotatable bonds is 42. The first-order chi connectivity index (χ1) is 32.4. The highest BCUT2D eigenvalue weighted by Gasteiger charge is 2.51. The number of amides is 1. The minimum atomic E-state index is -1.84. The van der Waals surface area contributed by atoms with E-state index in [2.05, 4.69) is 19.2 Å². The van der Waals surface area contributed by atoms with E-state index in [1.165, 1.54) is 128 Å². The molecule has 1 amide bonds. The number of hydrogen-bond acceptors (Lipinski definition) is 15. The third-order valence-electron chi connectivity index (χ3n) is 13.8. The van der Waals surface area contributed by atoms with Crippen molar-refractivity contribution in [1.82, 2.24) is 5.32 Å². The van der Waals surface area contributed by atoms with Crippen LogP contribution in [-0.2, 0) is 23.7 Å². The van der Waals surface area contributed by atoms with Crippen LogP contribution in [0.5, 0.6) is 0 Å². The number of carbonyl (C=O) groups is 1. The molecule has 0 aromatic heterocycles. The Balaban J connectivity index is 1.86. The third kappa shape index (κ3) is 25.2. The van der Waals surface area contributed by atoms with Crippen LogP contribution in [0.25, 0.3) is 0 Å². The van der Waals surface area contributed by atoms with Gasteiger partial charge in [-0.3, -0.25) is 4.79 Å². The van der Waals surface area contributed by atoms with E-state index in [1.54, 1.807) is 0 Å². The van der Waals surface area contributed by atoms with Crippen LogP contribution in [0.1, 0.15) is 213 Å². The van der Waals surface area contributed by atoms with Gasteiger partial charge >= 0.3 is 0 Å². The Bertz CT molecular complexity index is 1170. The molecule has 2 saturated heterocycles. The maximum Gasteiger partial charge on any atom is 0.249 e. The van der Waals surface area contributed by atoms with Crippen molar-refractivity contribution in [3.05, 3.63) is 0 Å². The summed E-state index contributed by atoms with van der Waals surface area (Å²) in [6, 6.07) is -1.27. The summed E-state index contributed by atoms with van der Waals surface area (Å²) < 4.78 is 22.5. The molecule has 398 valence electrons. The summed E-state index contributed by atoms with van der Waals surface area (Å²) in [6.45, 7) is 2.42. The van der Waals surface area contributed by atoms with Gasteiger partial charge in [-0.15, -0.1) is 0 Å². The second-order valence-electron chi connectivity index (χ2n) is 19.7. The number of aliphatic hydroxyl groups is 10. The molecule has 11 N–H and O–H groups in total. The topological polar surface area (TPSA) is 268 Å². The average Bonchev–Trinajstić information content (AvgIpc) is 3.33. The van der Waals surface area contributed by atoms with Gasteiger partial charge in [-0.25, -0.2) is 0 Å². The maximum absolute atomic E-state index is 13.3. The van der Waals surface area contributed by atoms with Gasteiger partial charge in [0.15, 0.2) is 12.6 Å². The first kappa shape index (κ1) is 62.0. The zero-order chi connectivity index (χ0) is 49.2. The summed E-state index contributed by atoms with van der Waals surface area (Å²) in [7, 11) is 0. The molecule has 16 nitrogen and oxygen atoms in total. The Morgan fingerprint density at radius 3 is 1.31 bits per heavy atom. The number of unbranched alkanes of at least 4 members (excludes halogenated alkanes) is 27. The van der Waals surface area contributed by atoms with Crippen LogP contribution in [0.2, 0.25) is 0 Å². The summed E-state index contributed by atoms with van der Waals surface area (Å²) in [5, 5.41) is 109. The van der Waals surface area contributed by atoms with Gasteiger partial charge in [0, 0.05) is 0 Å². The molecule has 0 spiro atoms. The minimum absolute atomic E-state index is 0.209. The second-order valence-corrected chi connectivity index (χ2v) is 19.7. The van der Waals surface area contributed by atoms with Crippen LogP contribution in [0.4, 0.5) is 0 Å². The zero-order valence-corrected chi connectivity index (χ0v) is 41.6. The molecule has 16 heteroatoms. The van der Waals surface area contributed by atoms with Gasteiger partial charge in [-0.2, -0.15) is 0 Å². The Kier molecular flexibility index (Phi) is 35.7. The monoisotopic (exact) mass is 966 g/mol. The van der Waals surface area contributed by atoms with Gasteiger partial charge < -0.3 is 75.3 Å². The predicted octanol–water partition coefficient (Wildman–Crippen LogP) is 5.33. The smallest absolute Gasteiger partial charge is 0.249 e. The number of ether oxygens (including phenoxy) is 4. The molecular weight excluding hydrogens is 867 g/mol. The van der Waals surface area contributed by atoms with E-state index in [4.69, 9.17) is 18.9 Å². The average molecular weight is 966 g/mol. The van der Waals surface area contributed by atoms with Crippen LogP contribution >= 0.6 is 0 Å². The fraction of sp³-hybridized carbons (Fsp3) is 0.980. The molecular formula is C51H99NO15. The van der Waals surface area contributed by atoms with Gasteiger partial charge in [0.1, 0.15) is 61.0 Å². The molecule has 2 aliphatic heterocycles. The van der Waals surface area contributed by atoms with Crippen LogP contribution in [0.15, 0.2) is 0 Å². The van der Waals surface area contributed by atoms with Gasteiger partial charge in [0.25, 0.3) is 0 Å². The van der Waals surface area contributed by atoms with E-state index in [9.17, 15) is 55.9 Å². The fourth-order valence-electron chi connectivity index (χ4n) is 9.22. The van der Waals surface area contributed by atoms with E-state index in [1.807, 2.05) is 0 Å². The Morgan fingerprint density at radius 2 is 0.881 bits per heavy atom. The summed E-state index contributed by atoms with van der Waals surface area (Å²) in [4.78, 5) is 13.3. The summed E-state index contributed by atoms with van der Waals surface area (Å²) in [5.41, 5.74) is 0. The molecule has 0 aromatic rings. The lowest BCUT2D eigenvalue weighted by molar-refractivity contribution is -0.359. The van der Waals surface area contributed by atoms with Gasteiger partial charge in [-0.05, 0) is 12.8 Å². The molecule has 2 heterocycles. The number of aliphatic hydroxyl groups excluding tert-OH is 10.